The number of allylic oxidation sites excluding steroid dienone is 1. The van der Waals surface area contributed by atoms with Crippen LogP contribution in [0.1, 0.15) is 30.6 Å². The summed E-state index contributed by atoms with van der Waals surface area (Å²) in [5, 5.41) is 2.95. The Morgan fingerprint density at radius 3 is 3.00 bits per heavy atom. The zero-order valence-electron chi connectivity index (χ0n) is 13.3. The first-order valence-corrected chi connectivity index (χ1v) is 7.94. The van der Waals surface area contributed by atoms with Crippen molar-refractivity contribution in [2.75, 3.05) is 19.8 Å². The van der Waals surface area contributed by atoms with Crippen molar-refractivity contribution in [1.82, 2.24) is 5.32 Å². The molecule has 0 aliphatic carbocycles. The number of ether oxygens (including phenoxy) is 2. The smallest absolute Gasteiger partial charge is 0.253 e. The highest BCUT2D eigenvalue weighted by Crippen LogP contribution is 2.19. The molecule has 4 nitrogen and oxygen atoms in total. The number of amides is 1. The van der Waals surface area contributed by atoms with Gasteiger partial charge in [-0.2, -0.15) is 0 Å². The van der Waals surface area contributed by atoms with Gasteiger partial charge < -0.3 is 14.8 Å². The highest BCUT2D eigenvalue weighted by Gasteiger charge is 2.28. The van der Waals surface area contributed by atoms with Crippen molar-refractivity contribution in [3.05, 3.63) is 46.3 Å². The lowest BCUT2D eigenvalue weighted by Gasteiger charge is -2.32. The molecule has 0 bridgehead atoms. The summed E-state index contributed by atoms with van der Waals surface area (Å²) < 4.78 is 24.3. The maximum Gasteiger partial charge on any atom is 0.253 e. The number of nitrogens with one attached hydrogen (secondary N) is 1. The Kier molecular flexibility index (Phi) is 6.57. The third kappa shape index (κ3) is 5.30. The zero-order chi connectivity index (χ0) is 16.8. The summed E-state index contributed by atoms with van der Waals surface area (Å²) in [7, 11) is 0. The van der Waals surface area contributed by atoms with E-state index in [1.54, 1.807) is 0 Å². The maximum atomic E-state index is 13.1. The highest BCUT2D eigenvalue weighted by atomic mass is 35.5. The molecule has 126 valence electrons. The summed E-state index contributed by atoms with van der Waals surface area (Å²) >= 11 is 5.93. The van der Waals surface area contributed by atoms with Crippen LogP contribution in [0.25, 0.3) is 0 Å². The summed E-state index contributed by atoms with van der Waals surface area (Å²) in [5.74, 6) is -0.836. The van der Waals surface area contributed by atoms with Crippen molar-refractivity contribution in [3.63, 3.8) is 0 Å². The zero-order valence-corrected chi connectivity index (χ0v) is 14.0. The summed E-state index contributed by atoms with van der Waals surface area (Å²) in [6, 6.07) is 3.44. The normalized spacial score (nSPS) is 20.9. The van der Waals surface area contributed by atoms with E-state index in [0.717, 1.165) is 6.07 Å². The van der Waals surface area contributed by atoms with Gasteiger partial charge in [-0.25, -0.2) is 4.39 Å². The van der Waals surface area contributed by atoms with Crippen molar-refractivity contribution >= 4 is 17.5 Å². The Morgan fingerprint density at radius 1 is 1.52 bits per heavy atom. The maximum absolute atomic E-state index is 13.1. The van der Waals surface area contributed by atoms with Crippen LogP contribution < -0.4 is 5.32 Å². The molecule has 1 aromatic carbocycles. The molecule has 0 radical (unpaired) electrons. The van der Waals surface area contributed by atoms with Gasteiger partial charge in [0.15, 0.2) is 0 Å². The van der Waals surface area contributed by atoms with Crippen LogP contribution in [0.4, 0.5) is 4.39 Å². The Balaban J connectivity index is 2.00. The van der Waals surface area contributed by atoms with Crippen molar-refractivity contribution in [3.8, 4) is 0 Å². The first kappa shape index (κ1) is 17.9. The molecule has 1 amide bonds. The van der Waals surface area contributed by atoms with Crippen molar-refractivity contribution < 1.29 is 18.7 Å². The van der Waals surface area contributed by atoms with E-state index >= 15 is 0 Å². The van der Waals surface area contributed by atoms with Crippen LogP contribution in [-0.4, -0.2) is 37.9 Å². The van der Waals surface area contributed by atoms with Gasteiger partial charge in [0.05, 0.1) is 35.9 Å². The molecule has 2 rings (SSSR count). The van der Waals surface area contributed by atoms with E-state index in [9.17, 15) is 9.18 Å². The number of hydrogen-bond donors (Lipinski definition) is 1. The van der Waals surface area contributed by atoms with E-state index in [4.69, 9.17) is 21.1 Å². The third-order valence-corrected chi connectivity index (χ3v) is 3.90. The molecule has 0 spiro atoms. The molecule has 1 aliphatic rings. The van der Waals surface area contributed by atoms with Crippen molar-refractivity contribution in [2.24, 2.45) is 0 Å². The molecule has 0 unspecified atom stereocenters. The molecule has 1 heterocycles. The topological polar surface area (TPSA) is 47.6 Å². The lowest BCUT2D eigenvalue weighted by molar-refractivity contribution is -0.0457. The first-order valence-electron chi connectivity index (χ1n) is 7.56. The van der Waals surface area contributed by atoms with Gasteiger partial charge in [-0.1, -0.05) is 23.3 Å². The van der Waals surface area contributed by atoms with Gasteiger partial charge in [0.2, 0.25) is 0 Å². The van der Waals surface area contributed by atoms with Crippen LogP contribution in [0.5, 0.6) is 0 Å². The van der Waals surface area contributed by atoms with Crippen LogP contribution >= 0.6 is 11.6 Å². The minimum atomic E-state index is -0.476. The molecule has 1 aromatic rings. The van der Waals surface area contributed by atoms with Crippen LogP contribution in [-0.2, 0) is 9.47 Å². The lowest BCUT2D eigenvalue weighted by Crippen LogP contribution is -2.50. The Labute approximate surface area is 140 Å². The largest absolute Gasteiger partial charge is 0.379 e. The molecule has 1 saturated heterocycles. The van der Waals surface area contributed by atoms with E-state index in [0.29, 0.717) is 26.2 Å². The number of rotatable bonds is 5. The Hall–Kier alpha value is -1.43. The van der Waals surface area contributed by atoms with Crippen LogP contribution in [0.3, 0.4) is 0 Å². The molecule has 0 saturated carbocycles. The summed E-state index contributed by atoms with van der Waals surface area (Å²) in [4.78, 5) is 12.3. The van der Waals surface area contributed by atoms with Crippen LogP contribution in [0.2, 0.25) is 5.02 Å². The van der Waals surface area contributed by atoms with Crippen LogP contribution in [0.15, 0.2) is 29.8 Å². The van der Waals surface area contributed by atoms with Gasteiger partial charge in [-0.3, -0.25) is 4.79 Å². The van der Waals surface area contributed by atoms with Gasteiger partial charge in [0.25, 0.3) is 5.91 Å². The molecular weight excluding hydrogens is 321 g/mol. The second-order valence-electron chi connectivity index (χ2n) is 5.72. The standard InChI is InChI=1S/C17H21ClFNO3/c1-11(2)5-8-23-16-6-7-22-10-15(16)20-17(21)13-4-3-12(19)9-14(13)18/h3-5,9,15-16H,6-8,10H2,1-2H3,(H,20,21)/t15-,16+/m0/s1. The average Bonchev–Trinajstić information content (AvgIpc) is 2.48. The fourth-order valence-corrected chi connectivity index (χ4v) is 2.56. The number of hydrogen-bond acceptors (Lipinski definition) is 3. The average molecular weight is 342 g/mol. The third-order valence-electron chi connectivity index (χ3n) is 3.59. The number of benzene rings is 1. The highest BCUT2D eigenvalue weighted by molar-refractivity contribution is 6.33. The minimum absolute atomic E-state index is 0.0845. The minimum Gasteiger partial charge on any atom is -0.379 e. The molecule has 2 atom stereocenters. The molecule has 1 fully saturated rings. The number of carbonyl (C=O) groups excluding carboxylic acids is 1. The van der Waals surface area contributed by atoms with Gasteiger partial charge in [0, 0.05) is 6.61 Å². The molecule has 1 aliphatic heterocycles. The second kappa shape index (κ2) is 8.43. The summed E-state index contributed by atoms with van der Waals surface area (Å²) in [6.07, 6.45) is 2.58. The summed E-state index contributed by atoms with van der Waals surface area (Å²) in [6.45, 7) is 5.48. The van der Waals surface area contributed by atoms with Gasteiger partial charge in [0.1, 0.15) is 5.82 Å². The first-order chi connectivity index (χ1) is 11.0. The number of carbonyl (C=O) groups is 1. The monoisotopic (exact) mass is 341 g/mol. The number of halogens is 2. The molecule has 0 aromatic heterocycles. The van der Waals surface area contributed by atoms with E-state index in [-0.39, 0.29) is 28.6 Å². The quantitative estimate of drug-likeness (QED) is 0.835. The SMILES string of the molecule is CC(C)=CCO[C@@H]1CCOC[C@@H]1NC(=O)c1ccc(F)cc1Cl. The van der Waals surface area contributed by atoms with Gasteiger partial charge >= 0.3 is 0 Å². The van der Waals surface area contributed by atoms with Gasteiger partial charge in [-0.05, 0) is 38.5 Å². The van der Waals surface area contributed by atoms with E-state index < -0.39 is 5.82 Å². The second-order valence-corrected chi connectivity index (χ2v) is 6.13. The molecule has 1 N–H and O–H groups in total. The Bertz CT molecular complexity index is 587. The van der Waals surface area contributed by atoms with E-state index in [1.807, 2.05) is 19.9 Å². The van der Waals surface area contributed by atoms with Crippen molar-refractivity contribution in [2.45, 2.75) is 32.4 Å². The lowest BCUT2D eigenvalue weighted by atomic mass is 10.1. The predicted molar refractivity (Wildman–Crippen MR) is 87.3 cm³/mol. The predicted octanol–water partition coefficient (Wildman–Crippen LogP) is 3.35. The summed E-state index contributed by atoms with van der Waals surface area (Å²) in [5.41, 5.74) is 1.41. The fourth-order valence-electron chi connectivity index (χ4n) is 2.31. The van der Waals surface area contributed by atoms with Gasteiger partial charge in [-0.15, -0.1) is 0 Å². The Morgan fingerprint density at radius 2 is 2.30 bits per heavy atom. The van der Waals surface area contributed by atoms with Crippen LogP contribution in [0, 0.1) is 5.82 Å². The van der Waals surface area contributed by atoms with E-state index in [2.05, 4.69) is 5.32 Å². The molecule has 23 heavy (non-hydrogen) atoms. The fraction of sp³-hybridized carbons (Fsp3) is 0.471. The molecule has 6 heteroatoms. The van der Waals surface area contributed by atoms with Crippen molar-refractivity contribution in [1.29, 1.82) is 0 Å². The van der Waals surface area contributed by atoms with E-state index in [1.165, 1.54) is 17.7 Å². The molecular formula is C17H21ClFNO3.